The van der Waals surface area contributed by atoms with E-state index in [0.717, 1.165) is 0 Å². The van der Waals surface area contributed by atoms with Crippen LogP contribution in [0.15, 0.2) is 23.4 Å². The summed E-state index contributed by atoms with van der Waals surface area (Å²) in [5.41, 5.74) is 0.231. The summed E-state index contributed by atoms with van der Waals surface area (Å²) in [6.07, 6.45) is 6.52. The second-order valence-corrected chi connectivity index (χ2v) is 3.18. The van der Waals surface area contributed by atoms with Gasteiger partial charge in [0.15, 0.2) is 0 Å². The van der Waals surface area contributed by atoms with Crippen molar-refractivity contribution < 1.29 is 9.90 Å². The van der Waals surface area contributed by atoms with Gasteiger partial charge in [0.05, 0.1) is 16.3 Å². The van der Waals surface area contributed by atoms with E-state index in [1.54, 1.807) is 0 Å². The van der Waals surface area contributed by atoms with Crippen molar-refractivity contribution in [2.75, 3.05) is 5.75 Å². The average Bonchev–Trinajstić information content (AvgIpc) is 2.15. The normalized spacial score (nSPS) is 9.15. The summed E-state index contributed by atoms with van der Waals surface area (Å²) in [5.74, 6) is 1.98. The molecule has 0 spiro atoms. The van der Waals surface area contributed by atoms with Crippen LogP contribution in [-0.2, 0) is 0 Å². The number of hydrogen-bond donors (Lipinski definition) is 1. The number of hydrogen-bond acceptors (Lipinski definition) is 3. The van der Waals surface area contributed by atoms with Crippen LogP contribution in [0.5, 0.6) is 0 Å². The first kappa shape index (κ1) is 9.62. The Morgan fingerprint density at radius 3 is 3.15 bits per heavy atom. The van der Waals surface area contributed by atoms with Gasteiger partial charge in [-0.25, -0.2) is 9.78 Å². The Balaban J connectivity index is 2.80. The van der Waals surface area contributed by atoms with Crippen molar-refractivity contribution in [2.45, 2.75) is 5.03 Å². The Morgan fingerprint density at radius 1 is 1.77 bits per heavy atom. The van der Waals surface area contributed by atoms with E-state index in [1.165, 1.54) is 30.1 Å². The van der Waals surface area contributed by atoms with Crippen LogP contribution >= 0.6 is 11.8 Å². The number of carboxylic acid groups (broad SMARTS) is 1. The lowest BCUT2D eigenvalue weighted by atomic mass is 10.3. The van der Waals surface area contributed by atoms with Crippen LogP contribution in [0.25, 0.3) is 0 Å². The summed E-state index contributed by atoms with van der Waals surface area (Å²) in [6, 6.07) is 2.95. The summed E-state index contributed by atoms with van der Waals surface area (Å²) in [4.78, 5) is 14.5. The van der Waals surface area contributed by atoms with Crippen LogP contribution in [0.1, 0.15) is 10.4 Å². The molecule has 0 aliphatic carbocycles. The lowest BCUT2D eigenvalue weighted by molar-refractivity contribution is 0.0696. The third-order valence-corrected chi connectivity index (χ3v) is 2.12. The Morgan fingerprint density at radius 2 is 2.54 bits per heavy atom. The van der Waals surface area contributed by atoms with Crippen LogP contribution < -0.4 is 0 Å². The van der Waals surface area contributed by atoms with Crippen molar-refractivity contribution in [3.8, 4) is 12.3 Å². The van der Waals surface area contributed by atoms with Crippen LogP contribution in [-0.4, -0.2) is 21.8 Å². The second kappa shape index (κ2) is 4.53. The molecular weight excluding hydrogens is 186 g/mol. The Kier molecular flexibility index (Phi) is 3.35. The second-order valence-electron chi connectivity index (χ2n) is 2.18. The van der Waals surface area contributed by atoms with Gasteiger partial charge < -0.3 is 5.11 Å². The zero-order valence-corrected chi connectivity index (χ0v) is 7.54. The predicted octanol–water partition coefficient (Wildman–Crippen LogP) is 1.51. The fraction of sp³-hybridized carbons (Fsp3) is 0.111. The van der Waals surface area contributed by atoms with Gasteiger partial charge >= 0.3 is 5.97 Å². The van der Waals surface area contributed by atoms with E-state index in [0.29, 0.717) is 10.8 Å². The highest BCUT2D eigenvalue weighted by molar-refractivity contribution is 7.99. The van der Waals surface area contributed by atoms with Crippen molar-refractivity contribution in [1.29, 1.82) is 0 Å². The number of aromatic nitrogens is 1. The molecule has 0 saturated heterocycles. The largest absolute Gasteiger partial charge is 0.478 e. The van der Waals surface area contributed by atoms with E-state index in [2.05, 4.69) is 10.9 Å². The van der Waals surface area contributed by atoms with E-state index in [9.17, 15) is 4.79 Å². The fourth-order valence-electron chi connectivity index (χ4n) is 0.737. The van der Waals surface area contributed by atoms with Gasteiger partial charge in [0.25, 0.3) is 0 Å². The van der Waals surface area contributed by atoms with Crippen LogP contribution in [0.2, 0.25) is 0 Å². The number of aromatic carboxylic acids is 1. The Bertz CT molecular complexity index is 357. The molecule has 1 N–H and O–H groups in total. The molecule has 1 rings (SSSR count). The van der Waals surface area contributed by atoms with Crippen molar-refractivity contribution in [1.82, 2.24) is 4.98 Å². The van der Waals surface area contributed by atoms with Gasteiger partial charge in [-0.05, 0) is 12.1 Å². The van der Waals surface area contributed by atoms with Crippen molar-refractivity contribution in [3.05, 3.63) is 23.9 Å². The molecule has 0 saturated carbocycles. The quantitative estimate of drug-likeness (QED) is 0.584. The van der Waals surface area contributed by atoms with E-state index >= 15 is 0 Å². The molecular formula is C9H7NO2S. The van der Waals surface area contributed by atoms with Crippen LogP contribution in [0.3, 0.4) is 0 Å². The van der Waals surface area contributed by atoms with Gasteiger partial charge in [-0.1, -0.05) is 17.7 Å². The summed E-state index contributed by atoms with van der Waals surface area (Å²) < 4.78 is 0. The number of thioether (sulfide) groups is 1. The molecule has 4 heteroatoms. The van der Waals surface area contributed by atoms with Crippen molar-refractivity contribution >= 4 is 17.7 Å². The molecule has 0 unspecified atom stereocenters. The van der Waals surface area contributed by atoms with E-state index in [-0.39, 0.29) is 5.56 Å². The standard InChI is InChI=1S/C9H7NO2S/c1-2-5-13-8-6-7(9(11)12)3-4-10-8/h1,3-4,6H,5H2,(H,11,12). The molecule has 0 aromatic carbocycles. The first-order valence-corrected chi connectivity index (χ1v) is 4.48. The highest BCUT2D eigenvalue weighted by Gasteiger charge is 2.03. The van der Waals surface area contributed by atoms with E-state index < -0.39 is 5.97 Å². The lowest BCUT2D eigenvalue weighted by Crippen LogP contribution is -1.96. The highest BCUT2D eigenvalue weighted by atomic mass is 32.2. The first-order valence-electron chi connectivity index (χ1n) is 3.49. The molecule has 3 nitrogen and oxygen atoms in total. The number of terminal acetylenes is 1. The third kappa shape index (κ3) is 2.80. The van der Waals surface area contributed by atoms with E-state index in [1.807, 2.05) is 0 Å². The van der Waals surface area contributed by atoms with Gasteiger partial charge in [-0.15, -0.1) is 6.42 Å². The summed E-state index contributed by atoms with van der Waals surface area (Å²) >= 11 is 1.34. The third-order valence-electron chi connectivity index (χ3n) is 1.29. The molecule has 66 valence electrons. The molecule has 1 aromatic heterocycles. The topological polar surface area (TPSA) is 50.2 Å². The molecule has 13 heavy (non-hydrogen) atoms. The molecule has 1 aromatic rings. The lowest BCUT2D eigenvalue weighted by Gasteiger charge is -1.97. The molecule has 0 aliphatic rings. The van der Waals surface area contributed by atoms with Crippen molar-refractivity contribution in [2.24, 2.45) is 0 Å². The molecule has 0 fully saturated rings. The monoisotopic (exact) mass is 193 g/mol. The maximum atomic E-state index is 10.5. The maximum absolute atomic E-state index is 10.5. The molecule has 1 heterocycles. The van der Waals surface area contributed by atoms with Crippen LogP contribution in [0, 0.1) is 12.3 Å². The molecule has 0 atom stereocenters. The van der Waals surface area contributed by atoms with Gasteiger partial charge in [-0.3, -0.25) is 0 Å². The number of nitrogens with zero attached hydrogens (tertiary/aromatic N) is 1. The van der Waals surface area contributed by atoms with Gasteiger partial charge in [0, 0.05) is 6.20 Å². The Hall–Kier alpha value is -1.47. The fourth-order valence-corrected chi connectivity index (χ4v) is 1.31. The summed E-state index contributed by atoms with van der Waals surface area (Å²) in [7, 11) is 0. The number of carbonyl (C=O) groups is 1. The minimum atomic E-state index is -0.954. The minimum Gasteiger partial charge on any atom is -0.478 e. The summed E-state index contributed by atoms with van der Waals surface area (Å²) in [5, 5.41) is 9.29. The minimum absolute atomic E-state index is 0.231. The molecule has 0 bridgehead atoms. The first-order chi connectivity index (χ1) is 6.24. The predicted molar refractivity (Wildman–Crippen MR) is 50.8 cm³/mol. The molecule has 0 amide bonds. The van der Waals surface area contributed by atoms with Gasteiger partial charge in [0.2, 0.25) is 0 Å². The van der Waals surface area contributed by atoms with E-state index in [4.69, 9.17) is 11.5 Å². The van der Waals surface area contributed by atoms with Crippen LogP contribution in [0.4, 0.5) is 0 Å². The smallest absolute Gasteiger partial charge is 0.335 e. The number of pyridine rings is 1. The molecule has 0 radical (unpaired) electrons. The number of rotatable bonds is 3. The zero-order chi connectivity index (χ0) is 9.68. The number of carboxylic acids is 1. The zero-order valence-electron chi connectivity index (χ0n) is 6.73. The molecule has 0 aliphatic heterocycles. The maximum Gasteiger partial charge on any atom is 0.335 e. The van der Waals surface area contributed by atoms with Gasteiger partial charge in [-0.2, -0.15) is 0 Å². The Labute approximate surface area is 80.2 Å². The SMILES string of the molecule is C#CCSc1cc(C(=O)O)ccn1. The van der Waals surface area contributed by atoms with Gasteiger partial charge in [0.1, 0.15) is 0 Å². The summed E-state index contributed by atoms with van der Waals surface area (Å²) in [6.45, 7) is 0. The van der Waals surface area contributed by atoms with Crippen molar-refractivity contribution in [3.63, 3.8) is 0 Å². The highest BCUT2D eigenvalue weighted by Crippen LogP contribution is 2.15. The average molecular weight is 193 g/mol.